The van der Waals surface area contributed by atoms with Crippen LogP contribution in [0.2, 0.25) is 5.02 Å². The summed E-state index contributed by atoms with van der Waals surface area (Å²) >= 11 is 6.41. The number of imide groups is 1. The Morgan fingerprint density at radius 1 is 1.03 bits per heavy atom. The number of ether oxygens (including phenoxy) is 1. The molecule has 162 valence electrons. The van der Waals surface area contributed by atoms with E-state index in [1.807, 2.05) is 24.3 Å². The average molecular weight is 451 g/mol. The first-order chi connectivity index (χ1) is 15.5. The maximum absolute atomic E-state index is 13.5. The summed E-state index contributed by atoms with van der Waals surface area (Å²) in [6, 6.07) is 13.9. The van der Waals surface area contributed by atoms with Gasteiger partial charge in [0.25, 0.3) is 0 Å². The number of fused-ring (bicyclic) bond motifs is 8. The molecule has 2 aromatic carbocycles. The standard InChI is InChI=1S/C24H19ClN2O5/c1-11(28)31-13-8-6-12(7-9-13)27-23(29)18-15-10-16(19(18)24(27)30)22-20(15)21(26-32-22)14-4-2-3-5-17(14)25/h2-9,15-16,18-20,22H,10H2,1H3/t15-,16-,18+,19-,20-,22+/m0/s1. The minimum Gasteiger partial charge on any atom is -0.427 e. The number of nitrogens with zero attached hydrogens (tertiary/aromatic N) is 2. The van der Waals surface area contributed by atoms with Crippen LogP contribution in [0.25, 0.3) is 0 Å². The summed E-state index contributed by atoms with van der Waals surface area (Å²) in [5.74, 6) is -1.36. The lowest BCUT2D eigenvalue weighted by Gasteiger charge is -2.30. The van der Waals surface area contributed by atoms with E-state index in [2.05, 4.69) is 5.16 Å². The third-order valence-electron chi connectivity index (χ3n) is 7.20. The highest BCUT2D eigenvalue weighted by atomic mass is 35.5. The molecule has 3 fully saturated rings. The van der Waals surface area contributed by atoms with Crippen LogP contribution in [-0.4, -0.2) is 29.6 Å². The van der Waals surface area contributed by atoms with Crippen molar-refractivity contribution in [1.82, 2.24) is 0 Å². The third-order valence-corrected chi connectivity index (χ3v) is 7.53. The van der Waals surface area contributed by atoms with Crippen molar-refractivity contribution in [3.8, 4) is 5.75 Å². The predicted octanol–water partition coefficient (Wildman–Crippen LogP) is 3.44. The molecule has 4 aliphatic rings. The maximum Gasteiger partial charge on any atom is 0.308 e. The van der Waals surface area contributed by atoms with E-state index in [-0.39, 0.29) is 35.7 Å². The average Bonchev–Trinajstić information content (AvgIpc) is 3.49. The van der Waals surface area contributed by atoms with E-state index in [0.29, 0.717) is 16.5 Å². The zero-order chi connectivity index (χ0) is 22.1. The number of anilines is 1. The van der Waals surface area contributed by atoms with Crippen molar-refractivity contribution < 1.29 is 24.0 Å². The summed E-state index contributed by atoms with van der Waals surface area (Å²) < 4.78 is 5.05. The number of carbonyl (C=O) groups is 3. The van der Waals surface area contributed by atoms with Gasteiger partial charge in [0.2, 0.25) is 11.8 Å². The normalized spacial score (nSPS) is 31.9. The summed E-state index contributed by atoms with van der Waals surface area (Å²) in [7, 11) is 0. The molecule has 8 heteroatoms. The van der Waals surface area contributed by atoms with E-state index >= 15 is 0 Å². The Morgan fingerprint density at radius 3 is 2.41 bits per heavy atom. The minimum atomic E-state index is -0.431. The number of hydrogen-bond donors (Lipinski definition) is 0. The SMILES string of the molecule is CC(=O)Oc1ccc(N2C(=O)[C@@H]3[C@@H]4C[C@H]([C@H]5ON=C(c6ccccc6Cl)[C@H]45)[C@@H]3C2=O)cc1. The first kappa shape index (κ1) is 19.5. The molecule has 0 spiro atoms. The van der Waals surface area contributed by atoms with Crippen molar-refractivity contribution >= 4 is 40.8 Å². The van der Waals surface area contributed by atoms with Crippen LogP contribution in [-0.2, 0) is 19.2 Å². The van der Waals surface area contributed by atoms with E-state index in [1.165, 1.54) is 11.8 Å². The van der Waals surface area contributed by atoms with E-state index in [9.17, 15) is 14.4 Å². The number of rotatable bonds is 3. The fourth-order valence-electron chi connectivity index (χ4n) is 6.10. The van der Waals surface area contributed by atoms with Crippen molar-refractivity contribution in [3.05, 3.63) is 59.1 Å². The molecule has 32 heavy (non-hydrogen) atoms. The van der Waals surface area contributed by atoms with E-state index in [1.54, 1.807) is 24.3 Å². The van der Waals surface area contributed by atoms with Crippen LogP contribution in [0, 0.1) is 29.6 Å². The molecule has 2 aliphatic carbocycles. The quantitative estimate of drug-likeness (QED) is 0.406. The van der Waals surface area contributed by atoms with Crippen molar-refractivity contribution in [2.45, 2.75) is 19.4 Å². The molecule has 0 N–H and O–H groups in total. The Kier molecular flexibility index (Phi) is 4.21. The highest BCUT2D eigenvalue weighted by Crippen LogP contribution is 2.62. The molecule has 2 aromatic rings. The first-order valence-electron chi connectivity index (χ1n) is 10.6. The van der Waals surface area contributed by atoms with Crippen molar-refractivity contribution in [3.63, 3.8) is 0 Å². The molecule has 6 atom stereocenters. The van der Waals surface area contributed by atoms with Gasteiger partial charge in [-0.3, -0.25) is 19.3 Å². The molecule has 2 saturated carbocycles. The van der Waals surface area contributed by atoms with Crippen LogP contribution in [0.3, 0.4) is 0 Å². The van der Waals surface area contributed by atoms with Crippen LogP contribution >= 0.6 is 11.6 Å². The largest absolute Gasteiger partial charge is 0.427 e. The predicted molar refractivity (Wildman–Crippen MR) is 115 cm³/mol. The number of hydrogen-bond acceptors (Lipinski definition) is 6. The van der Waals surface area contributed by atoms with Crippen LogP contribution in [0.1, 0.15) is 18.9 Å². The van der Waals surface area contributed by atoms with Gasteiger partial charge in [-0.15, -0.1) is 0 Å². The summed E-state index contributed by atoms with van der Waals surface area (Å²) in [4.78, 5) is 45.1. The molecule has 7 nitrogen and oxygen atoms in total. The fraction of sp³-hybridized carbons (Fsp3) is 0.333. The van der Waals surface area contributed by atoms with Gasteiger partial charge < -0.3 is 9.57 Å². The van der Waals surface area contributed by atoms with Crippen LogP contribution in [0.4, 0.5) is 5.69 Å². The van der Waals surface area contributed by atoms with Gasteiger partial charge >= 0.3 is 5.97 Å². The Hall–Kier alpha value is -3.19. The lowest BCUT2D eigenvalue weighted by atomic mass is 9.71. The number of esters is 1. The van der Waals surface area contributed by atoms with Gasteiger partial charge in [-0.25, -0.2) is 0 Å². The van der Waals surface area contributed by atoms with Crippen molar-refractivity contribution in [2.24, 2.45) is 34.7 Å². The second-order valence-corrected chi connectivity index (χ2v) is 9.17. The highest BCUT2D eigenvalue weighted by Gasteiger charge is 2.70. The maximum atomic E-state index is 13.5. The summed E-state index contributed by atoms with van der Waals surface area (Å²) in [6.07, 6.45) is 0.556. The van der Waals surface area contributed by atoms with Gasteiger partial charge in [0.1, 0.15) is 11.9 Å². The Balaban J connectivity index is 1.31. The number of benzene rings is 2. The molecule has 0 radical (unpaired) electrons. The first-order valence-corrected chi connectivity index (χ1v) is 11.0. The molecule has 2 heterocycles. The Morgan fingerprint density at radius 2 is 1.72 bits per heavy atom. The molecule has 1 saturated heterocycles. The molecule has 2 amide bonds. The van der Waals surface area contributed by atoms with Gasteiger partial charge in [-0.05, 0) is 42.7 Å². The molecular formula is C24H19ClN2O5. The summed E-state index contributed by atoms with van der Waals surface area (Å²) in [6.45, 7) is 1.32. The minimum absolute atomic E-state index is 0.0192. The number of amides is 2. The van der Waals surface area contributed by atoms with Crippen LogP contribution in [0.15, 0.2) is 53.7 Å². The molecule has 2 aliphatic heterocycles. The number of carbonyl (C=O) groups excluding carboxylic acids is 3. The highest BCUT2D eigenvalue weighted by molar-refractivity contribution is 6.34. The smallest absolute Gasteiger partial charge is 0.308 e. The van der Waals surface area contributed by atoms with E-state index < -0.39 is 17.8 Å². The second kappa shape index (κ2) is 6.90. The van der Waals surface area contributed by atoms with Gasteiger partial charge in [0.15, 0.2) is 0 Å². The fourth-order valence-corrected chi connectivity index (χ4v) is 6.33. The molecule has 2 bridgehead atoms. The van der Waals surface area contributed by atoms with Crippen LogP contribution < -0.4 is 9.64 Å². The molecule has 0 aromatic heterocycles. The second-order valence-electron chi connectivity index (χ2n) is 8.77. The lowest BCUT2D eigenvalue weighted by molar-refractivity contribution is -0.132. The van der Waals surface area contributed by atoms with Gasteiger partial charge in [-0.2, -0.15) is 0 Å². The number of halogens is 1. The molecule has 6 rings (SSSR count). The summed E-state index contributed by atoms with van der Waals surface area (Å²) in [5.41, 5.74) is 2.08. The number of oxime groups is 1. The third kappa shape index (κ3) is 2.60. The topological polar surface area (TPSA) is 85.3 Å². The van der Waals surface area contributed by atoms with Crippen molar-refractivity contribution in [1.29, 1.82) is 0 Å². The molecular weight excluding hydrogens is 432 g/mol. The monoisotopic (exact) mass is 450 g/mol. The van der Waals surface area contributed by atoms with Gasteiger partial charge in [-0.1, -0.05) is 35.0 Å². The zero-order valence-electron chi connectivity index (χ0n) is 17.1. The van der Waals surface area contributed by atoms with E-state index in [4.69, 9.17) is 21.2 Å². The Labute approximate surface area is 188 Å². The van der Waals surface area contributed by atoms with Gasteiger partial charge in [0, 0.05) is 29.3 Å². The van der Waals surface area contributed by atoms with Crippen LogP contribution in [0.5, 0.6) is 5.75 Å². The lowest BCUT2D eigenvalue weighted by Crippen LogP contribution is -2.41. The summed E-state index contributed by atoms with van der Waals surface area (Å²) in [5, 5.41) is 4.93. The molecule has 0 unspecified atom stereocenters. The van der Waals surface area contributed by atoms with Gasteiger partial charge in [0.05, 0.1) is 23.2 Å². The van der Waals surface area contributed by atoms with Crippen molar-refractivity contribution in [2.75, 3.05) is 4.90 Å². The zero-order valence-corrected chi connectivity index (χ0v) is 17.9. The van der Waals surface area contributed by atoms with E-state index in [0.717, 1.165) is 17.7 Å². The Bertz CT molecular complexity index is 1190.